The molecule has 0 aliphatic heterocycles. The number of amides is 3. The summed E-state index contributed by atoms with van der Waals surface area (Å²) in [4.78, 5) is 43.3. The molecule has 11 heteroatoms. The average molecular weight is 502 g/mol. The molecule has 1 atom stereocenters. The van der Waals surface area contributed by atoms with Crippen molar-refractivity contribution in [2.24, 2.45) is 5.73 Å². The molecule has 188 valence electrons. The quantitative estimate of drug-likeness (QED) is 0.165. The van der Waals surface area contributed by atoms with Crippen molar-refractivity contribution in [3.63, 3.8) is 0 Å². The van der Waals surface area contributed by atoms with Gasteiger partial charge in [-0.1, -0.05) is 42.5 Å². The first-order chi connectivity index (χ1) is 17.8. The van der Waals surface area contributed by atoms with Crippen LogP contribution in [0.1, 0.15) is 22.8 Å². The number of hydrogen-bond acceptors (Lipinski definition) is 7. The molecule has 0 aliphatic rings. The first-order valence-corrected chi connectivity index (χ1v) is 11.3. The van der Waals surface area contributed by atoms with Crippen molar-refractivity contribution in [3.8, 4) is 0 Å². The number of aromatic nitrogens is 2. The third-order valence-electron chi connectivity index (χ3n) is 5.39. The number of nitrogens with one attached hydrogen (secondary N) is 4. The van der Waals surface area contributed by atoms with Crippen LogP contribution in [0.5, 0.6) is 0 Å². The first kappa shape index (κ1) is 25.0. The highest BCUT2D eigenvalue weighted by Crippen LogP contribution is 2.28. The van der Waals surface area contributed by atoms with E-state index in [9.17, 15) is 18.8 Å². The van der Waals surface area contributed by atoms with Crippen LogP contribution in [-0.4, -0.2) is 34.4 Å². The van der Waals surface area contributed by atoms with E-state index in [1.165, 1.54) is 13.1 Å². The van der Waals surface area contributed by atoms with Crippen LogP contribution < -0.4 is 27.0 Å². The van der Waals surface area contributed by atoms with E-state index in [-0.39, 0.29) is 23.1 Å². The van der Waals surface area contributed by atoms with Gasteiger partial charge in [0.1, 0.15) is 12.0 Å². The van der Waals surface area contributed by atoms with Gasteiger partial charge in [-0.3, -0.25) is 19.4 Å². The summed E-state index contributed by atoms with van der Waals surface area (Å²) in [5.74, 6) is -2.12. The Morgan fingerprint density at radius 3 is 2.57 bits per heavy atom. The predicted octanol–water partition coefficient (Wildman–Crippen LogP) is 3.30. The van der Waals surface area contributed by atoms with E-state index in [4.69, 9.17) is 5.73 Å². The molecule has 0 saturated carbocycles. The van der Waals surface area contributed by atoms with E-state index < -0.39 is 17.9 Å². The van der Waals surface area contributed by atoms with Crippen molar-refractivity contribution >= 4 is 52.1 Å². The van der Waals surface area contributed by atoms with Gasteiger partial charge in [-0.15, -0.1) is 0 Å². The molecule has 3 amide bonds. The largest absolute Gasteiger partial charge is 0.365 e. The molecule has 0 fully saturated rings. The van der Waals surface area contributed by atoms with Gasteiger partial charge in [0, 0.05) is 18.7 Å². The van der Waals surface area contributed by atoms with E-state index >= 15 is 0 Å². The third-order valence-corrected chi connectivity index (χ3v) is 5.39. The molecule has 37 heavy (non-hydrogen) atoms. The fourth-order valence-corrected chi connectivity index (χ4v) is 3.78. The number of hydrogen-bond donors (Lipinski definition) is 5. The zero-order chi connectivity index (χ0) is 26.4. The Morgan fingerprint density at radius 1 is 1.08 bits per heavy atom. The van der Waals surface area contributed by atoms with Gasteiger partial charge >= 0.3 is 0 Å². The number of anilines is 4. The highest BCUT2D eigenvalue weighted by atomic mass is 19.1. The molecule has 0 radical (unpaired) electrons. The van der Waals surface area contributed by atoms with Crippen molar-refractivity contribution < 1.29 is 18.8 Å². The highest BCUT2D eigenvalue weighted by molar-refractivity contribution is 6.01. The topological polar surface area (TPSA) is 151 Å². The maximum absolute atomic E-state index is 14.9. The van der Waals surface area contributed by atoms with Crippen molar-refractivity contribution in [2.45, 2.75) is 19.5 Å². The Morgan fingerprint density at radius 2 is 1.86 bits per heavy atom. The summed E-state index contributed by atoms with van der Waals surface area (Å²) in [6.45, 7) is 1.40. The second-order valence-corrected chi connectivity index (χ2v) is 8.16. The normalized spacial score (nSPS) is 11.4. The molecule has 2 aromatic heterocycles. The Hall–Kier alpha value is -5.06. The number of carbonyl (C=O) groups excluding carboxylic acids is 3. The average Bonchev–Trinajstić information content (AvgIpc) is 2.86. The SMILES string of the molecule is CC(=O)Nc1cccc2cc(Nc3nc(N[C@H](Cc4ccccc4)NC=O)c(F)cc3C(N)=O)cnc12. The van der Waals surface area contributed by atoms with Crippen LogP contribution >= 0.6 is 0 Å². The van der Waals surface area contributed by atoms with Gasteiger partial charge in [-0.25, -0.2) is 9.37 Å². The van der Waals surface area contributed by atoms with Gasteiger partial charge in [0.25, 0.3) is 5.91 Å². The van der Waals surface area contributed by atoms with Crippen LogP contribution in [0.4, 0.5) is 27.4 Å². The van der Waals surface area contributed by atoms with E-state index in [0.717, 1.165) is 11.6 Å². The van der Waals surface area contributed by atoms with Gasteiger partial charge in [-0.05, 0) is 23.8 Å². The smallest absolute Gasteiger partial charge is 0.252 e. The molecular formula is C26H24FN7O3. The number of pyridine rings is 2. The van der Waals surface area contributed by atoms with E-state index in [2.05, 4.69) is 31.2 Å². The molecule has 4 rings (SSSR count). The molecule has 2 heterocycles. The number of nitrogens with two attached hydrogens (primary N) is 1. The summed E-state index contributed by atoms with van der Waals surface area (Å²) in [6, 6.07) is 17.3. The summed E-state index contributed by atoms with van der Waals surface area (Å²) in [5, 5.41) is 11.9. The summed E-state index contributed by atoms with van der Waals surface area (Å²) < 4.78 is 14.9. The molecule has 0 unspecified atom stereocenters. The molecule has 2 aromatic carbocycles. The zero-order valence-corrected chi connectivity index (χ0v) is 19.8. The van der Waals surface area contributed by atoms with Gasteiger partial charge in [0.05, 0.1) is 28.7 Å². The van der Waals surface area contributed by atoms with Gasteiger partial charge < -0.3 is 27.0 Å². The van der Waals surface area contributed by atoms with Gasteiger partial charge in [0.15, 0.2) is 11.6 Å². The lowest BCUT2D eigenvalue weighted by atomic mass is 10.1. The van der Waals surface area contributed by atoms with Crippen LogP contribution in [0.15, 0.2) is 66.9 Å². The van der Waals surface area contributed by atoms with Crippen LogP contribution in [0.3, 0.4) is 0 Å². The van der Waals surface area contributed by atoms with E-state index in [0.29, 0.717) is 35.1 Å². The maximum Gasteiger partial charge on any atom is 0.252 e. The third kappa shape index (κ3) is 6.14. The van der Waals surface area contributed by atoms with Crippen LogP contribution in [0, 0.1) is 5.82 Å². The Kier molecular flexibility index (Phi) is 7.53. The summed E-state index contributed by atoms with van der Waals surface area (Å²) in [6.07, 6.45) is 1.67. The van der Waals surface area contributed by atoms with Crippen LogP contribution in [-0.2, 0) is 16.0 Å². The number of benzene rings is 2. The lowest BCUT2D eigenvalue weighted by molar-refractivity contribution is -0.114. The highest BCUT2D eigenvalue weighted by Gasteiger charge is 2.19. The standard InChI is InChI=1S/C26H24FN7O3/c1-15(36)31-21-9-5-8-17-11-18(13-29-23(17)21)32-25-19(24(28)37)12-20(27)26(34-25)33-22(30-14-35)10-16-6-3-2-4-7-16/h2-9,11-14,22H,10H2,1H3,(H2,28,37)(H,30,35)(H,31,36)(H2,32,33,34)/t22-/m1/s1. The molecule has 0 bridgehead atoms. The molecule has 6 N–H and O–H groups in total. The minimum Gasteiger partial charge on any atom is -0.365 e. The zero-order valence-electron chi connectivity index (χ0n) is 19.8. The second-order valence-electron chi connectivity index (χ2n) is 8.16. The fourth-order valence-electron chi connectivity index (χ4n) is 3.78. The van der Waals surface area contributed by atoms with Gasteiger partial charge in [0.2, 0.25) is 12.3 Å². The minimum absolute atomic E-state index is 0.000120. The van der Waals surface area contributed by atoms with Crippen molar-refractivity contribution in [2.75, 3.05) is 16.0 Å². The van der Waals surface area contributed by atoms with Crippen LogP contribution in [0.25, 0.3) is 10.9 Å². The Balaban J connectivity index is 1.65. The molecular weight excluding hydrogens is 477 g/mol. The summed E-state index contributed by atoms with van der Waals surface area (Å²) in [7, 11) is 0. The van der Waals surface area contributed by atoms with E-state index in [1.54, 1.807) is 24.3 Å². The monoisotopic (exact) mass is 501 g/mol. The van der Waals surface area contributed by atoms with Gasteiger partial charge in [-0.2, -0.15) is 0 Å². The molecule has 0 saturated heterocycles. The molecule has 10 nitrogen and oxygen atoms in total. The van der Waals surface area contributed by atoms with Crippen LogP contribution in [0.2, 0.25) is 0 Å². The number of para-hydroxylation sites is 1. The first-order valence-electron chi connectivity index (χ1n) is 11.3. The Bertz CT molecular complexity index is 1460. The second kappa shape index (κ2) is 11.1. The number of carbonyl (C=O) groups is 3. The predicted molar refractivity (Wildman–Crippen MR) is 139 cm³/mol. The van der Waals surface area contributed by atoms with E-state index in [1.807, 2.05) is 30.3 Å². The summed E-state index contributed by atoms with van der Waals surface area (Å²) in [5.41, 5.74) is 7.78. The number of nitrogens with zero attached hydrogens (tertiary/aromatic N) is 2. The van der Waals surface area contributed by atoms with Crippen molar-refractivity contribution in [1.29, 1.82) is 0 Å². The molecule has 4 aromatic rings. The number of primary amides is 1. The lowest BCUT2D eigenvalue weighted by Gasteiger charge is -2.20. The lowest BCUT2D eigenvalue weighted by Crippen LogP contribution is -2.38. The number of halogens is 1. The molecule has 0 spiro atoms. The Labute approximate surface area is 211 Å². The number of fused-ring (bicyclic) bond motifs is 1. The minimum atomic E-state index is -0.881. The fraction of sp³-hybridized carbons (Fsp3) is 0.115. The molecule has 0 aliphatic carbocycles. The number of rotatable bonds is 10. The van der Waals surface area contributed by atoms with Crippen molar-refractivity contribution in [1.82, 2.24) is 15.3 Å². The maximum atomic E-state index is 14.9. The van der Waals surface area contributed by atoms with Crippen molar-refractivity contribution in [3.05, 3.63) is 83.8 Å². The summed E-state index contributed by atoms with van der Waals surface area (Å²) >= 11 is 0.